The number of nitrogens with zero attached hydrogens (tertiary/aromatic N) is 4. The van der Waals surface area contributed by atoms with Gasteiger partial charge in [-0.25, -0.2) is 9.78 Å². The van der Waals surface area contributed by atoms with Crippen LogP contribution in [0.3, 0.4) is 0 Å². The molecule has 2 amide bonds. The molecule has 0 saturated heterocycles. The van der Waals surface area contributed by atoms with Crippen LogP contribution in [0.1, 0.15) is 49.2 Å². The Morgan fingerprint density at radius 3 is 2.49 bits per heavy atom. The van der Waals surface area contributed by atoms with Crippen LogP contribution in [0.15, 0.2) is 24.3 Å². The highest BCUT2D eigenvalue weighted by molar-refractivity contribution is 5.97. The summed E-state index contributed by atoms with van der Waals surface area (Å²) in [5.74, 6) is -1.31. The van der Waals surface area contributed by atoms with E-state index < -0.39 is 23.9 Å². The molecule has 1 aromatic carbocycles. The molecule has 0 bridgehead atoms. The first-order valence-corrected chi connectivity index (χ1v) is 12.8. The summed E-state index contributed by atoms with van der Waals surface area (Å²) in [5.41, 5.74) is 14.0. The van der Waals surface area contributed by atoms with Crippen LogP contribution >= 0.6 is 0 Å². The van der Waals surface area contributed by atoms with Crippen LogP contribution in [0.25, 0.3) is 0 Å². The maximum atomic E-state index is 12.9. The molecule has 1 aromatic heterocycles. The Morgan fingerprint density at radius 2 is 1.85 bits per heavy atom. The van der Waals surface area contributed by atoms with Gasteiger partial charge in [0.05, 0.1) is 24.9 Å². The first-order chi connectivity index (χ1) is 18.7. The summed E-state index contributed by atoms with van der Waals surface area (Å²) in [4.78, 5) is 60.6. The highest BCUT2D eigenvalue weighted by Gasteiger charge is 2.31. The molecule has 210 valence electrons. The number of carbonyl (C=O) groups is 4. The van der Waals surface area contributed by atoms with Crippen molar-refractivity contribution in [1.29, 1.82) is 0 Å². The van der Waals surface area contributed by atoms with Crippen molar-refractivity contribution in [1.82, 2.24) is 15.3 Å². The molecule has 13 heteroatoms. The summed E-state index contributed by atoms with van der Waals surface area (Å²) in [5, 5.41) is 2.65. The summed E-state index contributed by atoms with van der Waals surface area (Å²) in [6.07, 6.45) is 2.02. The number of aryl methyl sites for hydroxylation is 1. The van der Waals surface area contributed by atoms with Crippen molar-refractivity contribution in [3.63, 3.8) is 0 Å². The normalized spacial score (nSPS) is 15.1. The molecule has 5 N–H and O–H groups in total. The fourth-order valence-electron chi connectivity index (χ4n) is 4.46. The molecule has 39 heavy (non-hydrogen) atoms. The van der Waals surface area contributed by atoms with E-state index in [1.165, 1.54) is 4.90 Å². The number of nitrogen functional groups attached to an aromatic ring is 2. The summed E-state index contributed by atoms with van der Waals surface area (Å²) >= 11 is 0. The Kier molecular flexibility index (Phi) is 10.0. The maximum Gasteiger partial charge on any atom is 0.328 e. The van der Waals surface area contributed by atoms with Gasteiger partial charge in [-0.1, -0.05) is 0 Å². The first-order valence-electron chi connectivity index (χ1n) is 12.8. The van der Waals surface area contributed by atoms with Gasteiger partial charge in [-0.15, -0.1) is 0 Å². The van der Waals surface area contributed by atoms with E-state index >= 15 is 0 Å². The lowest BCUT2D eigenvalue weighted by Crippen LogP contribution is -2.46. The molecule has 13 nitrogen and oxygen atoms in total. The summed E-state index contributed by atoms with van der Waals surface area (Å²) in [7, 11) is 1.88. The number of amides is 2. The average molecular weight is 542 g/mol. The first kappa shape index (κ1) is 29.1. The monoisotopic (exact) mass is 541 g/mol. The highest BCUT2D eigenvalue weighted by atomic mass is 16.5. The number of fused-ring (bicyclic) bond motifs is 1. The third kappa shape index (κ3) is 7.33. The Morgan fingerprint density at radius 1 is 1.15 bits per heavy atom. The average Bonchev–Trinajstić information content (AvgIpc) is 2.91. The molecule has 0 saturated carbocycles. The quantitative estimate of drug-likeness (QED) is 0.258. The number of hydrogen-bond acceptors (Lipinski definition) is 11. The van der Waals surface area contributed by atoms with E-state index in [1.807, 2.05) is 11.9 Å². The largest absolute Gasteiger partial charge is 0.466 e. The van der Waals surface area contributed by atoms with Crippen LogP contribution in [-0.2, 0) is 30.3 Å². The van der Waals surface area contributed by atoms with E-state index in [0.717, 1.165) is 12.1 Å². The molecule has 0 fully saturated rings. The lowest BCUT2D eigenvalue weighted by atomic mass is 10.00. The van der Waals surface area contributed by atoms with Crippen molar-refractivity contribution in [3.05, 3.63) is 35.5 Å². The number of rotatable bonds is 12. The van der Waals surface area contributed by atoms with Crippen LogP contribution in [0.4, 0.5) is 23.1 Å². The zero-order valence-electron chi connectivity index (χ0n) is 22.4. The summed E-state index contributed by atoms with van der Waals surface area (Å²) in [6.45, 7) is 4.22. The number of aromatic nitrogens is 2. The highest BCUT2D eigenvalue weighted by Crippen LogP contribution is 2.33. The molecule has 2 heterocycles. The number of ether oxygens (including phenoxy) is 2. The Bertz CT molecular complexity index is 1190. The van der Waals surface area contributed by atoms with Gasteiger partial charge in [-0.3, -0.25) is 14.4 Å². The van der Waals surface area contributed by atoms with Crippen molar-refractivity contribution in [2.45, 2.75) is 51.6 Å². The van der Waals surface area contributed by atoms with Crippen LogP contribution in [0.5, 0.6) is 0 Å². The van der Waals surface area contributed by atoms with Crippen molar-refractivity contribution < 1.29 is 28.7 Å². The fraction of sp³-hybridized carbons (Fsp3) is 0.462. The van der Waals surface area contributed by atoms with Crippen LogP contribution in [0.2, 0.25) is 0 Å². The van der Waals surface area contributed by atoms with E-state index in [2.05, 4.69) is 15.3 Å². The smallest absolute Gasteiger partial charge is 0.328 e. The number of esters is 2. The molecule has 1 unspecified atom stereocenters. The third-order valence-corrected chi connectivity index (χ3v) is 6.35. The van der Waals surface area contributed by atoms with Crippen LogP contribution in [-0.4, -0.2) is 73.1 Å². The van der Waals surface area contributed by atoms with E-state index in [1.54, 1.807) is 38.1 Å². The number of nitrogens with one attached hydrogen (secondary N) is 1. The fourth-order valence-corrected chi connectivity index (χ4v) is 4.46. The number of benzene rings is 1. The minimum Gasteiger partial charge on any atom is -0.466 e. The predicted molar refractivity (Wildman–Crippen MR) is 145 cm³/mol. The second-order valence-corrected chi connectivity index (χ2v) is 9.02. The standard InChI is InChI=1S/C26H35N7O6/c1-4-38-21(35)13-12-20(25(37)39-5-2)29-24(36)16-6-8-17(9-7-16)32(3)14-18-10-11-19-22(33(18)15-34)23(27)31-26(28)30-19/h6-9,15,18,20H,4-5,10-14H2,1-3H3,(H,29,36)(H4,27,28,30,31)/t18?,20-/m0/s1. The van der Waals surface area contributed by atoms with Crippen molar-refractivity contribution >= 4 is 47.4 Å². The molecule has 0 radical (unpaired) electrons. The molecule has 1 aliphatic rings. The van der Waals surface area contributed by atoms with Crippen LogP contribution < -0.4 is 26.6 Å². The van der Waals surface area contributed by atoms with Gasteiger partial charge in [0.2, 0.25) is 12.4 Å². The van der Waals surface area contributed by atoms with Gasteiger partial charge in [0, 0.05) is 31.3 Å². The molecule has 3 rings (SSSR count). The van der Waals surface area contributed by atoms with Gasteiger partial charge in [0.15, 0.2) is 5.82 Å². The van der Waals surface area contributed by atoms with Gasteiger partial charge in [0.25, 0.3) is 5.91 Å². The number of anilines is 4. The van der Waals surface area contributed by atoms with Gasteiger partial charge in [-0.2, -0.15) is 4.98 Å². The third-order valence-electron chi connectivity index (χ3n) is 6.35. The molecular weight excluding hydrogens is 506 g/mol. The second-order valence-electron chi connectivity index (χ2n) is 9.02. The molecule has 2 aromatic rings. The second kappa shape index (κ2) is 13.4. The van der Waals surface area contributed by atoms with E-state index in [0.29, 0.717) is 36.3 Å². The minimum atomic E-state index is -0.987. The van der Waals surface area contributed by atoms with E-state index in [-0.39, 0.29) is 43.9 Å². The number of likely N-dealkylation sites (N-methyl/N-ethyl adjacent to an activating group) is 1. The number of carbonyl (C=O) groups excluding carboxylic acids is 4. The Hall–Kier alpha value is -4.42. The Labute approximate surface area is 226 Å². The number of hydrogen-bond donors (Lipinski definition) is 3. The number of nitrogens with two attached hydrogens (primary N) is 2. The molecule has 0 aliphatic carbocycles. The molecule has 2 atom stereocenters. The lowest BCUT2D eigenvalue weighted by Gasteiger charge is -2.37. The minimum absolute atomic E-state index is 0.0318. The van der Waals surface area contributed by atoms with Crippen molar-refractivity contribution in [2.24, 2.45) is 0 Å². The van der Waals surface area contributed by atoms with E-state index in [9.17, 15) is 19.2 Å². The van der Waals surface area contributed by atoms with Crippen LogP contribution in [0, 0.1) is 0 Å². The van der Waals surface area contributed by atoms with Crippen molar-refractivity contribution in [3.8, 4) is 0 Å². The molecule has 1 aliphatic heterocycles. The van der Waals surface area contributed by atoms with E-state index in [4.69, 9.17) is 20.9 Å². The predicted octanol–water partition coefficient (Wildman–Crippen LogP) is 1.06. The summed E-state index contributed by atoms with van der Waals surface area (Å²) < 4.78 is 9.95. The lowest BCUT2D eigenvalue weighted by molar-refractivity contribution is -0.146. The zero-order valence-corrected chi connectivity index (χ0v) is 22.4. The van der Waals surface area contributed by atoms with Gasteiger partial charge in [-0.05, 0) is 57.4 Å². The van der Waals surface area contributed by atoms with Crippen molar-refractivity contribution in [2.75, 3.05) is 48.1 Å². The van der Waals surface area contributed by atoms with Gasteiger partial charge < -0.3 is 36.1 Å². The summed E-state index contributed by atoms with van der Waals surface area (Å²) in [6, 6.07) is 5.65. The molecular formula is C26H35N7O6. The SMILES string of the molecule is CCOC(=O)CC[C@H](NC(=O)c1ccc(N(C)CC2CCc3nc(N)nc(N)c3N2C=O)cc1)C(=O)OCC. The maximum absolute atomic E-state index is 12.9. The zero-order chi connectivity index (χ0) is 28.5. The Balaban J connectivity index is 1.66. The van der Waals surface area contributed by atoms with Gasteiger partial charge >= 0.3 is 11.9 Å². The van der Waals surface area contributed by atoms with Gasteiger partial charge in [0.1, 0.15) is 11.7 Å². The molecule has 0 spiro atoms. The topological polar surface area (TPSA) is 183 Å².